The van der Waals surface area contributed by atoms with E-state index in [0.717, 1.165) is 31.7 Å². The summed E-state index contributed by atoms with van der Waals surface area (Å²) in [7, 11) is 0. The molecule has 2 saturated heterocycles. The van der Waals surface area contributed by atoms with E-state index in [4.69, 9.17) is 9.47 Å². The van der Waals surface area contributed by atoms with Crippen LogP contribution in [-0.4, -0.2) is 49.5 Å². The Hall–Kier alpha value is -2.51. The summed E-state index contributed by atoms with van der Waals surface area (Å²) in [5, 5.41) is 2.81. The van der Waals surface area contributed by atoms with Crippen LogP contribution in [0.3, 0.4) is 0 Å². The van der Waals surface area contributed by atoms with Crippen LogP contribution in [0.15, 0.2) is 42.6 Å². The van der Waals surface area contributed by atoms with E-state index in [1.165, 1.54) is 6.07 Å². The van der Waals surface area contributed by atoms with Crippen LogP contribution >= 0.6 is 0 Å². The summed E-state index contributed by atoms with van der Waals surface area (Å²) in [5.41, 5.74) is 1.09. The molecule has 2 aromatic rings. The van der Waals surface area contributed by atoms with Gasteiger partial charge in [-0.3, -0.25) is 4.79 Å². The molecule has 2 fully saturated rings. The minimum Gasteiger partial charge on any atom is -0.356 e. The highest BCUT2D eigenvalue weighted by molar-refractivity contribution is 5.94. The summed E-state index contributed by atoms with van der Waals surface area (Å²) in [4.78, 5) is 18.9. The molecule has 7 heteroatoms. The first-order valence-corrected chi connectivity index (χ1v) is 9.66. The van der Waals surface area contributed by atoms with Crippen molar-refractivity contribution < 1.29 is 18.7 Å². The Morgan fingerprint density at radius 1 is 1.14 bits per heavy atom. The van der Waals surface area contributed by atoms with Gasteiger partial charge in [0.1, 0.15) is 11.6 Å². The second kappa shape index (κ2) is 8.24. The van der Waals surface area contributed by atoms with Gasteiger partial charge in [0, 0.05) is 38.7 Å². The topological polar surface area (TPSA) is 63.7 Å². The van der Waals surface area contributed by atoms with Gasteiger partial charge in [0.05, 0.1) is 18.8 Å². The van der Waals surface area contributed by atoms with Gasteiger partial charge in [-0.15, -0.1) is 0 Å². The van der Waals surface area contributed by atoms with E-state index in [0.29, 0.717) is 37.3 Å². The molecule has 6 nitrogen and oxygen atoms in total. The minimum absolute atomic E-state index is 0.208. The SMILES string of the molecule is O=C(NCCc1ccccc1F)c1ccc(N2CCC3(CC2)OCCO3)nc1. The lowest BCUT2D eigenvalue weighted by Gasteiger charge is -2.38. The summed E-state index contributed by atoms with van der Waals surface area (Å²) >= 11 is 0. The molecule has 2 aliphatic heterocycles. The van der Waals surface area contributed by atoms with Crippen LogP contribution in [0.25, 0.3) is 0 Å². The number of amides is 1. The number of aromatic nitrogens is 1. The van der Waals surface area contributed by atoms with E-state index >= 15 is 0 Å². The maximum absolute atomic E-state index is 13.6. The van der Waals surface area contributed by atoms with Crippen LogP contribution in [0.4, 0.5) is 10.2 Å². The zero-order chi connectivity index (χ0) is 19.4. The van der Waals surface area contributed by atoms with E-state index in [-0.39, 0.29) is 11.7 Å². The average molecular weight is 385 g/mol. The van der Waals surface area contributed by atoms with Crippen molar-refractivity contribution in [3.8, 4) is 0 Å². The Bertz CT molecular complexity index is 812. The number of ether oxygens (including phenoxy) is 2. The number of benzene rings is 1. The normalized spacial score (nSPS) is 18.4. The summed E-state index contributed by atoms with van der Waals surface area (Å²) in [6.45, 7) is 3.32. The molecule has 0 saturated carbocycles. The molecule has 0 atom stereocenters. The Kier molecular flexibility index (Phi) is 5.54. The standard InChI is InChI=1S/C21H24FN3O3/c22-18-4-2-1-3-16(18)7-10-23-20(26)17-5-6-19(24-15-17)25-11-8-21(9-12-25)27-13-14-28-21/h1-6,15H,7-14H2,(H,23,26). The van der Waals surface area contributed by atoms with Crippen LogP contribution in [-0.2, 0) is 15.9 Å². The molecule has 4 rings (SSSR count). The number of piperidine rings is 1. The number of anilines is 1. The highest BCUT2D eigenvalue weighted by Gasteiger charge is 2.39. The molecular weight excluding hydrogens is 361 g/mol. The fourth-order valence-electron chi connectivity index (χ4n) is 3.68. The molecule has 1 N–H and O–H groups in total. The summed E-state index contributed by atoms with van der Waals surface area (Å²) in [6.07, 6.45) is 3.66. The lowest BCUT2D eigenvalue weighted by atomic mass is 10.0. The average Bonchev–Trinajstić information content (AvgIpc) is 3.18. The lowest BCUT2D eigenvalue weighted by molar-refractivity contribution is -0.169. The van der Waals surface area contributed by atoms with E-state index in [1.807, 2.05) is 6.07 Å². The van der Waals surface area contributed by atoms with Crippen LogP contribution in [0.5, 0.6) is 0 Å². The smallest absolute Gasteiger partial charge is 0.252 e. The van der Waals surface area contributed by atoms with Gasteiger partial charge in [-0.2, -0.15) is 0 Å². The van der Waals surface area contributed by atoms with Gasteiger partial charge in [-0.05, 0) is 30.2 Å². The Morgan fingerprint density at radius 3 is 2.57 bits per heavy atom. The van der Waals surface area contributed by atoms with E-state index in [1.54, 1.807) is 30.5 Å². The van der Waals surface area contributed by atoms with Crippen molar-refractivity contribution in [3.63, 3.8) is 0 Å². The van der Waals surface area contributed by atoms with Gasteiger partial charge in [0.15, 0.2) is 5.79 Å². The molecule has 1 aromatic carbocycles. The third-order valence-corrected chi connectivity index (χ3v) is 5.31. The molecule has 148 valence electrons. The zero-order valence-corrected chi connectivity index (χ0v) is 15.7. The molecule has 2 aliphatic rings. The van der Waals surface area contributed by atoms with Crippen molar-refractivity contribution >= 4 is 11.7 Å². The molecular formula is C21H24FN3O3. The highest BCUT2D eigenvalue weighted by atomic mass is 19.1. The van der Waals surface area contributed by atoms with Crippen LogP contribution < -0.4 is 10.2 Å². The number of nitrogens with one attached hydrogen (secondary N) is 1. The maximum Gasteiger partial charge on any atom is 0.252 e. The summed E-state index contributed by atoms with van der Waals surface area (Å²) in [5.74, 6) is -0.0230. The van der Waals surface area contributed by atoms with Gasteiger partial charge >= 0.3 is 0 Å². The maximum atomic E-state index is 13.6. The Labute approximate surface area is 163 Å². The molecule has 0 bridgehead atoms. The first-order chi connectivity index (χ1) is 13.7. The van der Waals surface area contributed by atoms with Crippen molar-refractivity contribution in [2.75, 3.05) is 37.7 Å². The quantitative estimate of drug-likeness (QED) is 0.857. The van der Waals surface area contributed by atoms with Crippen molar-refractivity contribution in [1.82, 2.24) is 10.3 Å². The summed E-state index contributed by atoms with van der Waals surface area (Å²) < 4.78 is 25.1. The number of hydrogen-bond acceptors (Lipinski definition) is 5. The first-order valence-electron chi connectivity index (χ1n) is 9.66. The lowest BCUT2D eigenvalue weighted by Crippen LogP contribution is -2.45. The highest BCUT2D eigenvalue weighted by Crippen LogP contribution is 2.32. The molecule has 0 radical (unpaired) electrons. The molecule has 3 heterocycles. The van der Waals surface area contributed by atoms with Gasteiger partial charge < -0.3 is 19.7 Å². The van der Waals surface area contributed by atoms with Gasteiger partial charge in [0.2, 0.25) is 0 Å². The number of carbonyl (C=O) groups is 1. The van der Waals surface area contributed by atoms with Crippen LogP contribution in [0.2, 0.25) is 0 Å². The fraction of sp³-hybridized carbons (Fsp3) is 0.429. The number of hydrogen-bond donors (Lipinski definition) is 1. The number of pyridine rings is 1. The molecule has 28 heavy (non-hydrogen) atoms. The second-order valence-corrected chi connectivity index (χ2v) is 7.10. The van der Waals surface area contributed by atoms with Crippen LogP contribution in [0, 0.1) is 5.82 Å². The van der Waals surface area contributed by atoms with Crippen molar-refractivity contribution in [2.24, 2.45) is 0 Å². The molecule has 1 amide bonds. The Balaban J connectivity index is 1.28. The number of halogens is 1. The summed E-state index contributed by atoms with van der Waals surface area (Å²) in [6, 6.07) is 10.2. The first kappa shape index (κ1) is 18.8. The van der Waals surface area contributed by atoms with Gasteiger partial charge in [0.25, 0.3) is 5.91 Å². The second-order valence-electron chi connectivity index (χ2n) is 7.10. The van der Waals surface area contributed by atoms with Crippen molar-refractivity contribution in [2.45, 2.75) is 25.0 Å². The number of nitrogens with zero attached hydrogens (tertiary/aromatic N) is 2. The zero-order valence-electron chi connectivity index (χ0n) is 15.7. The molecule has 1 aromatic heterocycles. The number of rotatable bonds is 5. The molecule has 0 aliphatic carbocycles. The van der Waals surface area contributed by atoms with Crippen LogP contribution in [0.1, 0.15) is 28.8 Å². The fourth-order valence-corrected chi connectivity index (χ4v) is 3.68. The Morgan fingerprint density at radius 2 is 1.89 bits per heavy atom. The van der Waals surface area contributed by atoms with Gasteiger partial charge in [-0.1, -0.05) is 18.2 Å². The molecule has 0 unspecified atom stereocenters. The van der Waals surface area contributed by atoms with Gasteiger partial charge in [-0.25, -0.2) is 9.37 Å². The molecule has 1 spiro atoms. The third-order valence-electron chi connectivity index (χ3n) is 5.31. The predicted octanol–water partition coefficient (Wildman–Crippen LogP) is 2.54. The third kappa shape index (κ3) is 4.15. The predicted molar refractivity (Wildman–Crippen MR) is 103 cm³/mol. The number of carbonyl (C=O) groups excluding carboxylic acids is 1. The van der Waals surface area contributed by atoms with E-state index < -0.39 is 5.79 Å². The van der Waals surface area contributed by atoms with Crippen molar-refractivity contribution in [1.29, 1.82) is 0 Å². The minimum atomic E-state index is -0.408. The van der Waals surface area contributed by atoms with E-state index in [2.05, 4.69) is 15.2 Å². The van der Waals surface area contributed by atoms with Crippen molar-refractivity contribution in [3.05, 3.63) is 59.5 Å². The van der Waals surface area contributed by atoms with E-state index in [9.17, 15) is 9.18 Å². The largest absolute Gasteiger partial charge is 0.356 e. The monoisotopic (exact) mass is 385 g/mol.